The standard InChI is InChI=1S/2C13H25NO3/c2*1-13(2,3)17-12(16)14-11-6-4-10(5-7-11)8-9-15/h2*10-11,15H,4-9H2,1-3H3,(H,14,16). The summed E-state index contributed by atoms with van der Waals surface area (Å²) in [7, 11) is 0. The second-order valence-corrected chi connectivity index (χ2v) is 11.8. The number of rotatable bonds is 6. The number of ether oxygens (including phenoxy) is 2. The van der Waals surface area contributed by atoms with E-state index in [1.807, 2.05) is 41.5 Å². The minimum Gasteiger partial charge on any atom is -0.444 e. The highest BCUT2D eigenvalue weighted by Crippen LogP contribution is 2.27. The van der Waals surface area contributed by atoms with Crippen LogP contribution in [0.5, 0.6) is 0 Å². The van der Waals surface area contributed by atoms with E-state index in [1.54, 1.807) is 0 Å². The number of hydrogen-bond acceptors (Lipinski definition) is 6. The first-order valence-corrected chi connectivity index (χ1v) is 13.0. The number of aliphatic hydroxyl groups excluding tert-OH is 2. The number of carbonyl (C=O) groups excluding carboxylic acids is 2. The van der Waals surface area contributed by atoms with Gasteiger partial charge in [0.2, 0.25) is 0 Å². The van der Waals surface area contributed by atoms with Crippen LogP contribution in [0.4, 0.5) is 9.59 Å². The Labute approximate surface area is 206 Å². The van der Waals surface area contributed by atoms with Crippen LogP contribution in [0, 0.1) is 11.8 Å². The Hall–Kier alpha value is -1.54. The molecule has 8 heteroatoms. The van der Waals surface area contributed by atoms with Gasteiger partial charge < -0.3 is 30.3 Å². The second-order valence-electron chi connectivity index (χ2n) is 11.8. The maximum atomic E-state index is 11.6. The lowest BCUT2D eigenvalue weighted by molar-refractivity contribution is 0.0473. The lowest BCUT2D eigenvalue weighted by atomic mass is 9.84. The van der Waals surface area contributed by atoms with E-state index in [4.69, 9.17) is 19.7 Å². The van der Waals surface area contributed by atoms with Crippen LogP contribution in [0.15, 0.2) is 0 Å². The molecule has 2 aliphatic carbocycles. The molecule has 200 valence electrons. The number of nitrogens with one attached hydrogen (secondary N) is 2. The molecule has 0 spiro atoms. The first kappa shape index (κ1) is 30.5. The molecule has 4 N–H and O–H groups in total. The van der Waals surface area contributed by atoms with Gasteiger partial charge in [-0.15, -0.1) is 0 Å². The normalized spacial score (nSPS) is 25.4. The van der Waals surface area contributed by atoms with E-state index in [1.165, 1.54) is 0 Å². The summed E-state index contributed by atoms with van der Waals surface area (Å²) in [5, 5.41) is 23.6. The summed E-state index contributed by atoms with van der Waals surface area (Å²) >= 11 is 0. The van der Waals surface area contributed by atoms with Crippen LogP contribution in [-0.4, -0.2) is 58.9 Å². The predicted octanol–water partition coefficient (Wildman–Crippen LogP) is 4.90. The smallest absolute Gasteiger partial charge is 0.407 e. The number of carbonyl (C=O) groups is 2. The van der Waals surface area contributed by atoms with Gasteiger partial charge in [0, 0.05) is 25.3 Å². The summed E-state index contributed by atoms with van der Waals surface area (Å²) in [6, 6.07) is 0.472. The topological polar surface area (TPSA) is 117 Å². The Morgan fingerprint density at radius 1 is 0.647 bits per heavy atom. The molecule has 0 saturated heterocycles. The van der Waals surface area contributed by atoms with Crippen molar-refractivity contribution in [2.75, 3.05) is 13.2 Å². The highest BCUT2D eigenvalue weighted by Gasteiger charge is 2.25. The fraction of sp³-hybridized carbons (Fsp3) is 0.923. The summed E-state index contributed by atoms with van der Waals surface area (Å²) in [6.45, 7) is 11.7. The third-order valence-corrected chi connectivity index (χ3v) is 6.21. The highest BCUT2D eigenvalue weighted by atomic mass is 16.6. The van der Waals surface area contributed by atoms with Gasteiger partial charge in [-0.3, -0.25) is 0 Å². The van der Waals surface area contributed by atoms with Crippen LogP contribution in [0.1, 0.15) is 106 Å². The van der Waals surface area contributed by atoms with Crippen molar-refractivity contribution < 1.29 is 29.3 Å². The third-order valence-electron chi connectivity index (χ3n) is 6.21. The number of hydrogen-bond donors (Lipinski definition) is 4. The predicted molar refractivity (Wildman–Crippen MR) is 134 cm³/mol. The van der Waals surface area contributed by atoms with Crippen molar-refractivity contribution in [3.8, 4) is 0 Å². The largest absolute Gasteiger partial charge is 0.444 e. The Kier molecular flexibility index (Phi) is 13.2. The van der Waals surface area contributed by atoms with E-state index in [0.29, 0.717) is 11.8 Å². The van der Waals surface area contributed by atoms with Crippen molar-refractivity contribution >= 4 is 12.2 Å². The quantitative estimate of drug-likeness (QED) is 0.424. The number of aliphatic hydroxyl groups is 2. The van der Waals surface area contributed by atoms with Gasteiger partial charge in [-0.25, -0.2) is 9.59 Å². The van der Waals surface area contributed by atoms with Crippen molar-refractivity contribution in [2.45, 2.75) is 129 Å². The Morgan fingerprint density at radius 3 is 1.18 bits per heavy atom. The maximum Gasteiger partial charge on any atom is 0.407 e. The summed E-state index contributed by atoms with van der Waals surface area (Å²) in [5.41, 5.74) is -0.865. The van der Waals surface area contributed by atoms with Crippen LogP contribution in [0.2, 0.25) is 0 Å². The molecule has 0 unspecified atom stereocenters. The molecule has 2 saturated carbocycles. The zero-order chi connectivity index (χ0) is 25.8. The molecule has 8 nitrogen and oxygen atoms in total. The molecule has 0 atom stereocenters. The highest BCUT2D eigenvalue weighted by molar-refractivity contribution is 5.68. The van der Waals surface area contributed by atoms with Crippen molar-refractivity contribution in [1.29, 1.82) is 0 Å². The fourth-order valence-corrected chi connectivity index (χ4v) is 4.50. The van der Waals surface area contributed by atoms with Crippen LogP contribution in [0.3, 0.4) is 0 Å². The average molecular weight is 487 g/mol. The van der Waals surface area contributed by atoms with Crippen LogP contribution in [-0.2, 0) is 9.47 Å². The zero-order valence-corrected chi connectivity index (χ0v) is 22.3. The Balaban J connectivity index is 0.000000340. The van der Waals surface area contributed by atoms with Crippen molar-refractivity contribution in [3.05, 3.63) is 0 Å². The minimum absolute atomic E-state index is 0.236. The van der Waals surface area contributed by atoms with E-state index >= 15 is 0 Å². The zero-order valence-electron chi connectivity index (χ0n) is 22.3. The van der Waals surface area contributed by atoms with Gasteiger partial charge in [0.15, 0.2) is 0 Å². The molecule has 2 aliphatic rings. The first-order valence-electron chi connectivity index (χ1n) is 13.0. The molecule has 0 aromatic rings. The van der Waals surface area contributed by atoms with Gasteiger partial charge in [0.1, 0.15) is 11.2 Å². The van der Waals surface area contributed by atoms with Crippen LogP contribution < -0.4 is 10.6 Å². The summed E-state index contributed by atoms with van der Waals surface area (Å²) < 4.78 is 10.4. The molecule has 0 aliphatic heterocycles. The van der Waals surface area contributed by atoms with Crippen LogP contribution in [0.25, 0.3) is 0 Å². The second kappa shape index (κ2) is 14.8. The Bertz CT molecular complexity index is 531. The molecule has 2 rings (SSSR count). The fourth-order valence-electron chi connectivity index (χ4n) is 4.50. The van der Waals surface area contributed by atoms with Gasteiger partial charge in [0.25, 0.3) is 0 Å². The average Bonchev–Trinajstić information content (AvgIpc) is 2.69. The van der Waals surface area contributed by atoms with Gasteiger partial charge in [0.05, 0.1) is 0 Å². The summed E-state index contributed by atoms with van der Waals surface area (Å²) in [5.74, 6) is 1.24. The van der Waals surface area contributed by atoms with Crippen molar-refractivity contribution in [2.24, 2.45) is 11.8 Å². The monoisotopic (exact) mass is 486 g/mol. The van der Waals surface area contributed by atoms with Gasteiger partial charge >= 0.3 is 12.2 Å². The SMILES string of the molecule is CC(C)(C)OC(=O)NC1CCC(CCO)CC1.CC(C)(C)OC(=O)NC1CCC(CCO)CC1. The summed E-state index contributed by atoms with van der Waals surface area (Å²) in [4.78, 5) is 23.1. The first-order chi connectivity index (χ1) is 15.8. The van der Waals surface area contributed by atoms with E-state index in [2.05, 4.69) is 10.6 Å². The van der Waals surface area contributed by atoms with E-state index in [0.717, 1.165) is 64.2 Å². The number of alkyl carbamates (subject to hydrolysis) is 2. The van der Waals surface area contributed by atoms with E-state index < -0.39 is 11.2 Å². The lowest BCUT2D eigenvalue weighted by Crippen LogP contribution is -2.41. The van der Waals surface area contributed by atoms with E-state index in [9.17, 15) is 9.59 Å². The molecule has 0 radical (unpaired) electrons. The molecule has 2 amide bonds. The molecule has 0 aromatic heterocycles. The molecule has 0 aromatic carbocycles. The molecule has 0 heterocycles. The van der Waals surface area contributed by atoms with Gasteiger partial charge in [-0.2, -0.15) is 0 Å². The lowest BCUT2D eigenvalue weighted by Gasteiger charge is -2.29. The minimum atomic E-state index is -0.432. The Morgan fingerprint density at radius 2 is 0.941 bits per heavy atom. The van der Waals surface area contributed by atoms with Crippen LogP contribution >= 0.6 is 0 Å². The third kappa shape index (κ3) is 14.7. The molecule has 34 heavy (non-hydrogen) atoms. The van der Waals surface area contributed by atoms with Gasteiger partial charge in [-0.1, -0.05) is 0 Å². The molecule has 2 fully saturated rings. The summed E-state index contributed by atoms with van der Waals surface area (Å²) in [6.07, 6.45) is 9.44. The maximum absolute atomic E-state index is 11.6. The molecular formula is C26H50N2O6. The van der Waals surface area contributed by atoms with Crippen molar-refractivity contribution in [1.82, 2.24) is 10.6 Å². The van der Waals surface area contributed by atoms with Gasteiger partial charge in [-0.05, 0) is 118 Å². The van der Waals surface area contributed by atoms with E-state index in [-0.39, 0.29) is 37.5 Å². The molecule has 0 bridgehead atoms. The van der Waals surface area contributed by atoms with Crippen molar-refractivity contribution in [3.63, 3.8) is 0 Å². The number of amides is 2. The molecular weight excluding hydrogens is 436 g/mol.